The normalized spacial score (nSPS) is 19.7. The van der Waals surface area contributed by atoms with Crippen LogP contribution in [-0.4, -0.2) is 34.2 Å². The number of anilines is 1. The van der Waals surface area contributed by atoms with Crippen LogP contribution in [0.15, 0.2) is 0 Å². The summed E-state index contributed by atoms with van der Waals surface area (Å²) < 4.78 is 38.5. The van der Waals surface area contributed by atoms with Crippen molar-refractivity contribution in [3.05, 3.63) is 21.1 Å². The number of nitro groups is 1. The van der Waals surface area contributed by atoms with Gasteiger partial charge >= 0.3 is 11.9 Å². The van der Waals surface area contributed by atoms with Gasteiger partial charge in [0.2, 0.25) is 11.1 Å². The van der Waals surface area contributed by atoms with E-state index in [1.807, 2.05) is 0 Å². The first-order chi connectivity index (χ1) is 9.70. The van der Waals surface area contributed by atoms with Gasteiger partial charge in [0.25, 0.3) is 0 Å². The van der Waals surface area contributed by atoms with E-state index in [0.29, 0.717) is 0 Å². The number of aryl methyl sites for hydroxylation is 1. The number of piperidine rings is 1. The molecule has 0 aromatic carbocycles. The summed E-state index contributed by atoms with van der Waals surface area (Å²) in [5.41, 5.74) is -0.369. The molecular weight excluding hydrogens is 313 g/mol. The highest BCUT2D eigenvalue weighted by Crippen LogP contribution is 2.37. The van der Waals surface area contributed by atoms with Crippen LogP contribution in [-0.2, 0) is 0 Å². The molecule has 0 saturated carbocycles. The lowest BCUT2D eigenvalue weighted by atomic mass is 9.97. The maximum Gasteiger partial charge on any atom is 0.393 e. The highest BCUT2D eigenvalue weighted by atomic mass is 35.5. The largest absolute Gasteiger partial charge is 0.393 e. The fourth-order valence-electron chi connectivity index (χ4n) is 2.39. The number of hydrogen-bond donors (Lipinski definition) is 0. The Balaban J connectivity index is 2.39. The van der Waals surface area contributed by atoms with E-state index in [-0.39, 0.29) is 42.7 Å². The Bertz CT molecular complexity index is 567. The summed E-state index contributed by atoms with van der Waals surface area (Å²) in [4.78, 5) is 19.1. The molecule has 0 bridgehead atoms. The Morgan fingerprint density at radius 2 is 2.10 bits per heavy atom. The molecule has 1 saturated heterocycles. The van der Waals surface area contributed by atoms with E-state index in [9.17, 15) is 23.3 Å². The van der Waals surface area contributed by atoms with Crippen LogP contribution in [0, 0.1) is 23.0 Å². The number of rotatable bonds is 2. The summed E-state index contributed by atoms with van der Waals surface area (Å²) in [5, 5.41) is 10.9. The van der Waals surface area contributed by atoms with Crippen molar-refractivity contribution in [2.75, 3.05) is 18.0 Å². The lowest BCUT2D eigenvalue weighted by Crippen LogP contribution is -2.42. The van der Waals surface area contributed by atoms with Gasteiger partial charge in [0, 0.05) is 13.1 Å². The average Bonchev–Trinajstić information content (AvgIpc) is 2.36. The van der Waals surface area contributed by atoms with Crippen molar-refractivity contribution in [2.45, 2.75) is 25.9 Å². The van der Waals surface area contributed by atoms with Crippen molar-refractivity contribution in [1.29, 1.82) is 0 Å². The van der Waals surface area contributed by atoms with E-state index in [4.69, 9.17) is 11.6 Å². The van der Waals surface area contributed by atoms with Gasteiger partial charge in [-0.15, -0.1) is 0 Å². The second-order valence-corrected chi connectivity index (χ2v) is 5.17. The van der Waals surface area contributed by atoms with E-state index in [0.717, 1.165) is 0 Å². The van der Waals surface area contributed by atoms with Gasteiger partial charge in [0.05, 0.1) is 10.8 Å². The van der Waals surface area contributed by atoms with Crippen molar-refractivity contribution in [2.24, 2.45) is 5.92 Å². The molecule has 0 spiro atoms. The van der Waals surface area contributed by atoms with Crippen LogP contribution in [0.1, 0.15) is 18.5 Å². The molecule has 6 nitrogen and oxygen atoms in total. The molecule has 2 rings (SSSR count). The van der Waals surface area contributed by atoms with Crippen molar-refractivity contribution in [3.8, 4) is 0 Å². The summed E-state index contributed by atoms with van der Waals surface area (Å²) in [6.07, 6.45) is -4.05. The molecule has 21 heavy (non-hydrogen) atoms. The minimum absolute atomic E-state index is 0.00555. The lowest BCUT2D eigenvalue weighted by Gasteiger charge is -2.34. The average molecular weight is 325 g/mol. The molecule has 1 aliphatic heterocycles. The zero-order chi connectivity index (χ0) is 15.8. The zero-order valence-electron chi connectivity index (χ0n) is 11.0. The van der Waals surface area contributed by atoms with Crippen molar-refractivity contribution in [1.82, 2.24) is 9.97 Å². The molecule has 116 valence electrons. The number of halogens is 4. The zero-order valence-corrected chi connectivity index (χ0v) is 11.8. The molecule has 1 aromatic rings. The first kappa shape index (κ1) is 15.7. The SMILES string of the molecule is Cc1nc(Cl)nc(N2CCCC(C(F)(F)F)C2)c1[N+](=O)[O-]. The molecule has 0 amide bonds. The molecule has 1 fully saturated rings. The van der Waals surface area contributed by atoms with Crippen LogP contribution in [0.2, 0.25) is 5.28 Å². The van der Waals surface area contributed by atoms with E-state index >= 15 is 0 Å². The maximum absolute atomic E-state index is 12.8. The van der Waals surface area contributed by atoms with Gasteiger partial charge in [0.15, 0.2) is 0 Å². The molecule has 1 aromatic heterocycles. The monoisotopic (exact) mass is 324 g/mol. The molecule has 0 radical (unpaired) electrons. The first-order valence-electron chi connectivity index (χ1n) is 6.20. The predicted molar refractivity (Wildman–Crippen MR) is 69.4 cm³/mol. The van der Waals surface area contributed by atoms with E-state index in [1.165, 1.54) is 11.8 Å². The fraction of sp³-hybridized carbons (Fsp3) is 0.636. The Hall–Kier alpha value is -1.64. The Morgan fingerprint density at radius 3 is 2.67 bits per heavy atom. The Kier molecular flexibility index (Phi) is 4.22. The first-order valence-corrected chi connectivity index (χ1v) is 6.58. The molecular formula is C11H12ClF3N4O2. The predicted octanol–water partition coefficient (Wildman–Crippen LogP) is 3.13. The minimum atomic E-state index is -4.33. The maximum atomic E-state index is 12.8. The van der Waals surface area contributed by atoms with Crippen LogP contribution in [0.4, 0.5) is 24.7 Å². The van der Waals surface area contributed by atoms with Crippen molar-refractivity contribution >= 4 is 23.1 Å². The third-order valence-electron chi connectivity index (χ3n) is 3.38. The summed E-state index contributed by atoms with van der Waals surface area (Å²) in [5.74, 6) is -1.67. The van der Waals surface area contributed by atoms with E-state index in [1.54, 1.807) is 0 Å². The number of nitrogens with zero attached hydrogens (tertiary/aromatic N) is 4. The Labute approximate surface area is 123 Å². The number of hydrogen-bond acceptors (Lipinski definition) is 5. The summed E-state index contributed by atoms with van der Waals surface area (Å²) in [7, 11) is 0. The molecule has 1 aliphatic rings. The smallest absolute Gasteiger partial charge is 0.350 e. The molecule has 0 aliphatic carbocycles. The standard InChI is InChI=1S/C11H12ClF3N4O2/c1-6-8(19(20)21)9(17-10(12)16-6)18-4-2-3-7(5-18)11(13,14)15/h7H,2-5H2,1H3. The van der Waals surface area contributed by atoms with Crippen LogP contribution < -0.4 is 4.90 Å². The number of aromatic nitrogens is 2. The lowest BCUT2D eigenvalue weighted by molar-refractivity contribution is -0.385. The van der Waals surface area contributed by atoms with Crippen LogP contribution in [0.3, 0.4) is 0 Å². The van der Waals surface area contributed by atoms with Crippen LogP contribution in [0.25, 0.3) is 0 Å². The summed E-state index contributed by atoms with van der Waals surface area (Å²) in [6, 6.07) is 0. The van der Waals surface area contributed by atoms with Gasteiger partial charge in [-0.25, -0.2) is 4.98 Å². The van der Waals surface area contributed by atoms with E-state index in [2.05, 4.69) is 9.97 Å². The van der Waals surface area contributed by atoms with Gasteiger partial charge in [-0.05, 0) is 31.4 Å². The van der Waals surface area contributed by atoms with E-state index < -0.39 is 22.7 Å². The molecule has 1 atom stereocenters. The second kappa shape index (κ2) is 5.63. The third-order valence-corrected chi connectivity index (χ3v) is 3.55. The summed E-state index contributed by atoms with van der Waals surface area (Å²) >= 11 is 5.68. The molecule has 2 heterocycles. The van der Waals surface area contributed by atoms with Crippen LogP contribution in [0.5, 0.6) is 0 Å². The van der Waals surface area contributed by atoms with Gasteiger partial charge in [-0.2, -0.15) is 18.2 Å². The van der Waals surface area contributed by atoms with Crippen LogP contribution >= 0.6 is 11.6 Å². The Morgan fingerprint density at radius 1 is 1.43 bits per heavy atom. The van der Waals surface area contributed by atoms with Gasteiger partial charge in [-0.3, -0.25) is 10.1 Å². The summed E-state index contributed by atoms with van der Waals surface area (Å²) in [6.45, 7) is 1.28. The van der Waals surface area contributed by atoms with Gasteiger partial charge in [0.1, 0.15) is 5.69 Å². The van der Waals surface area contributed by atoms with Crippen molar-refractivity contribution < 1.29 is 18.1 Å². The molecule has 10 heteroatoms. The quantitative estimate of drug-likeness (QED) is 0.475. The van der Waals surface area contributed by atoms with Crippen molar-refractivity contribution in [3.63, 3.8) is 0 Å². The third kappa shape index (κ3) is 3.34. The molecule has 1 unspecified atom stereocenters. The minimum Gasteiger partial charge on any atom is -0.350 e. The number of alkyl halides is 3. The highest BCUT2D eigenvalue weighted by Gasteiger charge is 2.43. The van der Waals surface area contributed by atoms with Gasteiger partial charge in [-0.1, -0.05) is 0 Å². The topological polar surface area (TPSA) is 72.2 Å². The fourth-order valence-corrected chi connectivity index (χ4v) is 2.60. The second-order valence-electron chi connectivity index (χ2n) is 4.83. The molecule has 0 N–H and O–H groups in total. The highest BCUT2D eigenvalue weighted by molar-refractivity contribution is 6.28. The van der Waals surface area contributed by atoms with Gasteiger partial charge < -0.3 is 4.90 Å².